The lowest BCUT2D eigenvalue weighted by Gasteiger charge is -2.32. The number of carbonyl (C=O) groups excluding carboxylic acids is 1. The summed E-state index contributed by atoms with van der Waals surface area (Å²) in [6, 6.07) is 6.93. The van der Waals surface area contributed by atoms with Crippen LogP contribution in [0.4, 0.5) is 13.2 Å². The molecule has 0 spiro atoms. The van der Waals surface area contributed by atoms with Crippen LogP contribution in [0.3, 0.4) is 0 Å². The highest BCUT2D eigenvalue weighted by Gasteiger charge is 2.62. The second kappa shape index (κ2) is 6.33. The summed E-state index contributed by atoms with van der Waals surface area (Å²) in [5, 5.41) is 13.4. The van der Waals surface area contributed by atoms with E-state index in [9.17, 15) is 23.1 Å². The Balaban J connectivity index is 2.07. The van der Waals surface area contributed by atoms with Crippen LogP contribution in [0.25, 0.3) is 0 Å². The van der Waals surface area contributed by atoms with E-state index in [4.69, 9.17) is 4.74 Å². The van der Waals surface area contributed by atoms with E-state index in [2.05, 4.69) is 5.10 Å². The third-order valence-electron chi connectivity index (χ3n) is 3.90. The molecule has 2 rings (SSSR count). The maximum atomic E-state index is 13.1. The van der Waals surface area contributed by atoms with Crippen molar-refractivity contribution in [2.75, 3.05) is 6.61 Å². The number of hydrogen-bond acceptors (Lipinski definition) is 4. The number of halogens is 3. The van der Waals surface area contributed by atoms with Crippen molar-refractivity contribution in [3.63, 3.8) is 0 Å². The molecule has 1 atom stereocenters. The van der Waals surface area contributed by atoms with E-state index in [0.29, 0.717) is 5.75 Å². The summed E-state index contributed by atoms with van der Waals surface area (Å²) in [5.41, 5.74) is -2.31. The lowest BCUT2D eigenvalue weighted by molar-refractivity contribution is -0.302. The van der Waals surface area contributed by atoms with Crippen molar-refractivity contribution in [1.82, 2.24) is 5.01 Å². The van der Waals surface area contributed by atoms with E-state index in [1.54, 1.807) is 12.1 Å². The van der Waals surface area contributed by atoms with Crippen LogP contribution in [0.1, 0.15) is 39.7 Å². The van der Waals surface area contributed by atoms with Gasteiger partial charge < -0.3 is 9.84 Å². The van der Waals surface area contributed by atoms with Crippen molar-refractivity contribution in [3.8, 4) is 5.75 Å². The van der Waals surface area contributed by atoms with Crippen molar-refractivity contribution in [2.24, 2.45) is 5.10 Å². The molecule has 1 N–H and O–H groups in total. The number of hydrogen-bond donors (Lipinski definition) is 1. The van der Waals surface area contributed by atoms with Crippen LogP contribution in [0.5, 0.6) is 5.75 Å². The SMILES string of the molecule is CC1=NN(C(=O)COc2ccc(C(C)(C)C)cc2)C(O)(C(F)(F)F)C1. The Morgan fingerprint density at radius 1 is 1.28 bits per heavy atom. The Labute approximate surface area is 144 Å². The van der Waals surface area contributed by atoms with E-state index in [1.165, 1.54) is 6.92 Å². The van der Waals surface area contributed by atoms with E-state index in [1.807, 2.05) is 32.9 Å². The number of carbonyl (C=O) groups is 1. The molecule has 0 saturated carbocycles. The fourth-order valence-corrected chi connectivity index (χ4v) is 2.46. The number of alkyl halides is 3. The Bertz CT molecular complexity index is 678. The monoisotopic (exact) mass is 358 g/mol. The highest BCUT2D eigenvalue weighted by atomic mass is 19.4. The molecule has 1 aromatic rings. The molecule has 0 saturated heterocycles. The first-order valence-corrected chi connectivity index (χ1v) is 7.74. The molecule has 1 amide bonds. The van der Waals surface area contributed by atoms with Gasteiger partial charge in [-0.05, 0) is 30.0 Å². The molecule has 0 fully saturated rings. The third-order valence-corrected chi connectivity index (χ3v) is 3.90. The van der Waals surface area contributed by atoms with E-state index in [0.717, 1.165) is 5.56 Å². The number of ether oxygens (including phenoxy) is 1. The number of hydrazone groups is 1. The summed E-state index contributed by atoms with van der Waals surface area (Å²) < 4.78 is 44.5. The van der Waals surface area contributed by atoms with Crippen LogP contribution in [-0.2, 0) is 10.2 Å². The smallest absolute Gasteiger partial charge is 0.438 e. The molecule has 0 bridgehead atoms. The summed E-state index contributed by atoms with van der Waals surface area (Å²) in [6.07, 6.45) is -5.79. The highest BCUT2D eigenvalue weighted by Crippen LogP contribution is 2.40. The molecule has 25 heavy (non-hydrogen) atoms. The first-order chi connectivity index (χ1) is 11.3. The van der Waals surface area contributed by atoms with E-state index < -0.39 is 30.8 Å². The topological polar surface area (TPSA) is 62.1 Å². The number of nitrogens with zero attached hydrogens (tertiary/aromatic N) is 2. The van der Waals surface area contributed by atoms with Gasteiger partial charge >= 0.3 is 6.18 Å². The lowest BCUT2D eigenvalue weighted by Crippen LogP contribution is -2.57. The van der Waals surface area contributed by atoms with Crippen LogP contribution in [0.2, 0.25) is 0 Å². The molecule has 8 heteroatoms. The molecule has 1 unspecified atom stereocenters. The van der Waals surface area contributed by atoms with Gasteiger partial charge in [-0.15, -0.1) is 0 Å². The molecule has 5 nitrogen and oxygen atoms in total. The second-order valence-corrected chi connectivity index (χ2v) is 7.10. The fraction of sp³-hybridized carbons (Fsp3) is 0.529. The van der Waals surface area contributed by atoms with Crippen molar-refractivity contribution in [3.05, 3.63) is 29.8 Å². The van der Waals surface area contributed by atoms with Crippen LogP contribution in [0.15, 0.2) is 29.4 Å². The molecule has 1 heterocycles. The zero-order valence-electron chi connectivity index (χ0n) is 14.5. The highest BCUT2D eigenvalue weighted by molar-refractivity contribution is 5.89. The fourth-order valence-electron chi connectivity index (χ4n) is 2.46. The summed E-state index contributed by atoms with van der Waals surface area (Å²) in [5.74, 6) is -0.728. The number of benzene rings is 1. The normalized spacial score (nSPS) is 21.3. The van der Waals surface area contributed by atoms with Crippen LogP contribution >= 0.6 is 0 Å². The maximum Gasteiger partial charge on any atom is 0.438 e. The third kappa shape index (κ3) is 3.95. The largest absolute Gasteiger partial charge is 0.484 e. The van der Waals surface area contributed by atoms with Gasteiger partial charge in [-0.3, -0.25) is 4.79 Å². The van der Waals surface area contributed by atoms with Gasteiger partial charge in [0, 0.05) is 12.1 Å². The Hall–Kier alpha value is -2.09. The number of rotatable bonds is 3. The minimum Gasteiger partial charge on any atom is -0.484 e. The molecular weight excluding hydrogens is 337 g/mol. The summed E-state index contributed by atoms with van der Waals surface area (Å²) in [4.78, 5) is 12.1. The molecule has 138 valence electrons. The average molecular weight is 358 g/mol. The Morgan fingerprint density at radius 2 is 1.84 bits per heavy atom. The summed E-state index contributed by atoms with van der Waals surface area (Å²) >= 11 is 0. The zero-order valence-corrected chi connectivity index (χ0v) is 14.5. The maximum absolute atomic E-state index is 13.1. The Kier molecular flexibility index (Phi) is 4.87. The second-order valence-electron chi connectivity index (χ2n) is 7.10. The molecule has 1 aromatic carbocycles. The van der Waals surface area contributed by atoms with Crippen molar-refractivity contribution >= 4 is 11.6 Å². The van der Waals surface area contributed by atoms with Gasteiger partial charge in [0.2, 0.25) is 0 Å². The predicted octanol–water partition coefficient (Wildman–Crippen LogP) is 3.22. The lowest BCUT2D eigenvalue weighted by atomic mass is 9.87. The van der Waals surface area contributed by atoms with E-state index >= 15 is 0 Å². The van der Waals surface area contributed by atoms with Gasteiger partial charge in [0.1, 0.15) is 5.75 Å². The Morgan fingerprint density at radius 3 is 2.32 bits per heavy atom. The predicted molar refractivity (Wildman–Crippen MR) is 86.2 cm³/mol. The van der Waals surface area contributed by atoms with Crippen LogP contribution in [0, 0.1) is 0 Å². The van der Waals surface area contributed by atoms with Gasteiger partial charge in [-0.25, -0.2) is 0 Å². The van der Waals surface area contributed by atoms with Crippen molar-refractivity contribution < 1.29 is 27.8 Å². The molecule has 1 aliphatic rings. The number of aliphatic hydroxyl groups is 1. The van der Waals surface area contributed by atoms with Crippen LogP contribution in [-0.4, -0.2) is 40.2 Å². The molecular formula is C17H21F3N2O3. The van der Waals surface area contributed by atoms with Gasteiger partial charge in [-0.2, -0.15) is 23.3 Å². The van der Waals surface area contributed by atoms with Gasteiger partial charge in [0.15, 0.2) is 6.61 Å². The molecule has 0 aliphatic carbocycles. The molecule has 0 radical (unpaired) electrons. The quantitative estimate of drug-likeness (QED) is 0.902. The minimum atomic E-state index is -5.02. The minimum absolute atomic E-state index is 0.0164. The summed E-state index contributed by atoms with van der Waals surface area (Å²) in [7, 11) is 0. The van der Waals surface area contributed by atoms with Crippen molar-refractivity contribution in [2.45, 2.75) is 51.4 Å². The molecule has 1 aliphatic heterocycles. The van der Waals surface area contributed by atoms with Gasteiger partial charge in [0.05, 0.1) is 0 Å². The number of amides is 1. The zero-order chi connectivity index (χ0) is 19.0. The van der Waals surface area contributed by atoms with Crippen LogP contribution < -0.4 is 4.74 Å². The first kappa shape index (κ1) is 19.2. The summed E-state index contributed by atoms with van der Waals surface area (Å²) in [6.45, 7) is 6.77. The molecule has 0 aromatic heterocycles. The first-order valence-electron chi connectivity index (χ1n) is 7.74. The van der Waals surface area contributed by atoms with Crippen molar-refractivity contribution in [1.29, 1.82) is 0 Å². The van der Waals surface area contributed by atoms with Gasteiger partial charge in [0.25, 0.3) is 11.6 Å². The standard InChI is InChI=1S/C17H21F3N2O3/c1-11-9-16(24,17(18,19)20)22(21-11)14(23)10-25-13-7-5-12(6-8-13)15(2,3)4/h5-8,24H,9-10H2,1-4H3. The average Bonchev–Trinajstić information content (AvgIpc) is 2.80. The van der Waals surface area contributed by atoms with Gasteiger partial charge in [-0.1, -0.05) is 32.9 Å². The van der Waals surface area contributed by atoms with E-state index in [-0.39, 0.29) is 16.1 Å².